The van der Waals surface area contributed by atoms with Gasteiger partial charge in [0, 0.05) is 8.81 Å². The normalized spacial score (nSPS) is 10.9. The topological polar surface area (TPSA) is 9.23 Å². The van der Waals surface area contributed by atoms with Crippen molar-refractivity contribution in [1.82, 2.24) is 0 Å². The first-order chi connectivity index (χ1) is 7.45. The zero-order valence-electron chi connectivity index (χ0n) is 8.39. The minimum atomic E-state index is 0.430. The minimum Gasteiger partial charge on any atom is -0.353 e. The molecule has 0 aliphatic carbocycles. The summed E-state index contributed by atoms with van der Waals surface area (Å²) in [5.41, 5.74) is 1.22. The van der Waals surface area contributed by atoms with E-state index >= 15 is 0 Å². The van der Waals surface area contributed by atoms with Gasteiger partial charge >= 0.3 is 0 Å². The molecule has 76 valence electrons. The lowest BCUT2D eigenvalue weighted by Crippen LogP contribution is -1.93. The van der Waals surface area contributed by atoms with Gasteiger partial charge in [0.05, 0.1) is 6.61 Å². The average Bonchev–Trinajstić information content (AvgIpc) is 2.32. The molecular weight excluding hydrogens is 203 g/mol. The fraction of sp³-hybridized carbons (Fsp3) is 0.0769. The van der Waals surface area contributed by atoms with Gasteiger partial charge in [-0.15, -0.1) is 0 Å². The molecule has 0 aliphatic rings. The van der Waals surface area contributed by atoms with Crippen LogP contribution in [0.15, 0.2) is 60.7 Å². The monoisotopic (exact) mass is 216 g/mol. The van der Waals surface area contributed by atoms with Crippen LogP contribution in [0.2, 0.25) is 0 Å². The van der Waals surface area contributed by atoms with E-state index in [0.29, 0.717) is 15.4 Å². The Balaban J connectivity index is 1.81. The maximum atomic E-state index is 5.63. The molecule has 1 atom stereocenters. The predicted molar refractivity (Wildman–Crippen MR) is 65.6 cm³/mol. The first-order valence-corrected chi connectivity index (χ1v) is 5.83. The molecule has 2 heteroatoms. The molecule has 0 saturated carbocycles. The van der Waals surface area contributed by atoms with Crippen molar-refractivity contribution < 1.29 is 4.52 Å². The van der Waals surface area contributed by atoms with Gasteiger partial charge < -0.3 is 4.52 Å². The van der Waals surface area contributed by atoms with Gasteiger partial charge in [-0.3, -0.25) is 0 Å². The highest BCUT2D eigenvalue weighted by atomic mass is 31.1. The van der Waals surface area contributed by atoms with Crippen LogP contribution in [-0.2, 0) is 11.1 Å². The summed E-state index contributed by atoms with van der Waals surface area (Å²) in [7, 11) is 0.430. The Hall–Kier alpha value is -1.17. The third kappa shape index (κ3) is 3.47. The van der Waals surface area contributed by atoms with Crippen molar-refractivity contribution in [2.45, 2.75) is 6.61 Å². The van der Waals surface area contributed by atoms with E-state index in [1.807, 2.05) is 36.4 Å². The van der Waals surface area contributed by atoms with Gasteiger partial charge in [-0.05, 0) is 10.9 Å². The van der Waals surface area contributed by atoms with Crippen LogP contribution in [0.5, 0.6) is 0 Å². The van der Waals surface area contributed by atoms with Crippen molar-refractivity contribution in [3.8, 4) is 0 Å². The van der Waals surface area contributed by atoms with E-state index in [1.54, 1.807) is 0 Å². The lowest BCUT2D eigenvalue weighted by molar-refractivity contribution is 0.356. The average molecular weight is 216 g/mol. The summed E-state index contributed by atoms with van der Waals surface area (Å²) >= 11 is 0. The van der Waals surface area contributed by atoms with Gasteiger partial charge in [-0.1, -0.05) is 60.7 Å². The molecule has 2 rings (SSSR count). The second kappa shape index (κ2) is 5.65. The molecule has 0 N–H and O–H groups in total. The van der Waals surface area contributed by atoms with E-state index in [2.05, 4.69) is 24.3 Å². The first-order valence-electron chi connectivity index (χ1n) is 4.92. The third-order valence-corrected chi connectivity index (χ3v) is 2.90. The molecular formula is C13H13OP. The summed E-state index contributed by atoms with van der Waals surface area (Å²) in [6.07, 6.45) is 0. The van der Waals surface area contributed by atoms with Crippen LogP contribution in [0.1, 0.15) is 5.56 Å². The maximum Gasteiger partial charge on any atom is 0.0760 e. The Labute approximate surface area is 92.0 Å². The van der Waals surface area contributed by atoms with Crippen molar-refractivity contribution in [1.29, 1.82) is 0 Å². The second-order valence-electron chi connectivity index (χ2n) is 3.24. The molecule has 2 aromatic rings. The van der Waals surface area contributed by atoms with Gasteiger partial charge in [0.15, 0.2) is 0 Å². The summed E-state index contributed by atoms with van der Waals surface area (Å²) in [5.74, 6) is 0. The van der Waals surface area contributed by atoms with Gasteiger partial charge in [0.1, 0.15) is 0 Å². The van der Waals surface area contributed by atoms with E-state index < -0.39 is 0 Å². The fourth-order valence-electron chi connectivity index (χ4n) is 1.28. The number of rotatable bonds is 4. The molecule has 0 fully saturated rings. The van der Waals surface area contributed by atoms with Crippen LogP contribution in [0.25, 0.3) is 0 Å². The van der Waals surface area contributed by atoms with Crippen molar-refractivity contribution in [2.24, 2.45) is 0 Å². The molecule has 0 radical (unpaired) electrons. The second-order valence-corrected chi connectivity index (χ2v) is 4.31. The zero-order chi connectivity index (χ0) is 10.3. The van der Waals surface area contributed by atoms with Crippen LogP contribution < -0.4 is 5.30 Å². The van der Waals surface area contributed by atoms with Crippen molar-refractivity contribution in [3.05, 3.63) is 66.2 Å². The summed E-state index contributed by atoms with van der Waals surface area (Å²) in [5, 5.41) is 1.24. The molecule has 0 amide bonds. The molecule has 1 unspecified atom stereocenters. The molecule has 0 saturated heterocycles. The third-order valence-electron chi connectivity index (χ3n) is 2.05. The largest absolute Gasteiger partial charge is 0.353 e. The Kier molecular flexibility index (Phi) is 3.90. The molecule has 0 spiro atoms. The molecule has 15 heavy (non-hydrogen) atoms. The first kappa shape index (κ1) is 10.4. The smallest absolute Gasteiger partial charge is 0.0760 e. The van der Waals surface area contributed by atoms with Gasteiger partial charge in [-0.25, -0.2) is 0 Å². The van der Waals surface area contributed by atoms with E-state index in [9.17, 15) is 0 Å². The van der Waals surface area contributed by atoms with E-state index in [4.69, 9.17) is 4.52 Å². The van der Waals surface area contributed by atoms with Gasteiger partial charge in [-0.2, -0.15) is 0 Å². The maximum absolute atomic E-state index is 5.63. The quantitative estimate of drug-likeness (QED) is 0.713. The lowest BCUT2D eigenvalue weighted by atomic mass is 10.2. The molecule has 0 bridgehead atoms. The summed E-state index contributed by atoms with van der Waals surface area (Å²) in [6.45, 7) is 0.689. The minimum absolute atomic E-state index is 0.430. The van der Waals surface area contributed by atoms with Crippen molar-refractivity contribution >= 4 is 14.1 Å². The highest BCUT2D eigenvalue weighted by molar-refractivity contribution is 7.41. The Bertz CT molecular complexity index is 346. The number of hydrogen-bond donors (Lipinski definition) is 0. The van der Waals surface area contributed by atoms with Gasteiger partial charge in [0.25, 0.3) is 0 Å². The van der Waals surface area contributed by atoms with Crippen LogP contribution in [-0.4, -0.2) is 0 Å². The molecule has 0 aromatic heterocycles. The van der Waals surface area contributed by atoms with E-state index in [0.717, 1.165) is 0 Å². The molecule has 0 heterocycles. The summed E-state index contributed by atoms with van der Waals surface area (Å²) in [6, 6.07) is 20.5. The molecule has 2 aromatic carbocycles. The van der Waals surface area contributed by atoms with Crippen molar-refractivity contribution in [3.63, 3.8) is 0 Å². The highest BCUT2D eigenvalue weighted by Crippen LogP contribution is 2.14. The van der Waals surface area contributed by atoms with E-state index in [1.165, 1.54) is 10.9 Å². The predicted octanol–water partition coefficient (Wildman–Crippen LogP) is 3.12. The summed E-state index contributed by atoms with van der Waals surface area (Å²) in [4.78, 5) is 0. The van der Waals surface area contributed by atoms with Crippen LogP contribution in [0.4, 0.5) is 0 Å². The standard InChI is InChI=1S/C13H13OP/c1-3-7-12(8-4-1)11-14-15-13-9-5-2-6-10-13/h1-10,15H,11H2. The van der Waals surface area contributed by atoms with Gasteiger partial charge in [0.2, 0.25) is 0 Å². The molecule has 1 nitrogen and oxygen atoms in total. The Morgan fingerprint density at radius 3 is 2.07 bits per heavy atom. The molecule has 0 aliphatic heterocycles. The fourth-order valence-corrected chi connectivity index (χ4v) is 2.02. The Morgan fingerprint density at radius 1 is 0.800 bits per heavy atom. The SMILES string of the molecule is c1ccc(COPc2ccccc2)cc1. The summed E-state index contributed by atoms with van der Waals surface area (Å²) < 4.78 is 5.63. The van der Waals surface area contributed by atoms with E-state index in [-0.39, 0.29) is 0 Å². The van der Waals surface area contributed by atoms with Crippen LogP contribution in [0.3, 0.4) is 0 Å². The highest BCUT2D eigenvalue weighted by Gasteiger charge is 1.93. The van der Waals surface area contributed by atoms with Crippen LogP contribution in [0, 0.1) is 0 Å². The number of benzene rings is 2. The number of hydrogen-bond acceptors (Lipinski definition) is 1. The van der Waals surface area contributed by atoms with Crippen LogP contribution >= 0.6 is 8.81 Å². The lowest BCUT2D eigenvalue weighted by Gasteiger charge is -2.03. The van der Waals surface area contributed by atoms with Crippen molar-refractivity contribution in [2.75, 3.05) is 0 Å². The Morgan fingerprint density at radius 2 is 1.40 bits per heavy atom. The zero-order valence-corrected chi connectivity index (χ0v) is 9.39.